The highest BCUT2D eigenvalue weighted by Crippen LogP contribution is 2.23. The Hall–Kier alpha value is -0.380. The normalized spacial score (nSPS) is 18.7. The fourth-order valence-electron chi connectivity index (χ4n) is 1.70. The molecule has 0 spiro atoms. The Morgan fingerprint density at radius 3 is 3.07 bits per heavy atom. The molecule has 0 amide bonds. The lowest BCUT2D eigenvalue weighted by Crippen LogP contribution is -2.32. The number of hydrogen-bond acceptors (Lipinski definition) is 3. The van der Waals surface area contributed by atoms with Gasteiger partial charge in [0.05, 0.1) is 12.2 Å². The van der Waals surface area contributed by atoms with Crippen molar-refractivity contribution < 1.29 is 4.74 Å². The van der Waals surface area contributed by atoms with Crippen LogP contribution in [0, 0.1) is 0 Å². The maximum absolute atomic E-state index is 5.85. The molecule has 2 nitrogen and oxygen atoms in total. The Bertz CT molecular complexity index is 269. The molecule has 3 heteroatoms. The average molecular weight is 225 g/mol. The third-order valence-electron chi connectivity index (χ3n) is 2.79. The Morgan fingerprint density at radius 2 is 2.47 bits per heavy atom. The summed E-state index contributed by atoms with van der Waals surface area (Å²) in [5.74, 6) is 0. The number of thiophene rings is 1. The van der Waals surface area contributed by atoms with Crippen LogP contribution in [-0.4, -0.2) is 18.8 Å². The van der Waals surface area contributed by atoms with Gasteiger partial charge >= 0.3 is 0 Å². The monoisotopic (exact) mass is 225 g/mol. The summed E-state index contributed by atoms with van der Waals surface area (Å²) in [7, 11) is 0. The lowest BCUT2D eigenvalue weighted by molar-refractivity contribution is -0.0418. The van der Waals surface area contributed by atoms with Crippen LogP contribution in [0.3, 0.4) is 0 Å². The minimum Gasteiger partial charge on any atom is -0.374 e. The van der Waals surface area contributed by atoms with Crippen molar-refractivity contribution in [2.45, 2.75) is 44.9 Å². The van der Waals surface area contributed by atoms with E-state index in [2.05, 4.69) is 29.8 Å². The van der Waals surface area contributed by atoms with E-state index >= 15 is 0 Å². The van der Waals surface area contributed by atoms with Gasteiger partial charge in [0.1, 0.15) is 0 Å². The van der Waals surface area contributed by atoms with Crippen LogP contribution in [0.2, 0.25) is 0 Å². The predicted molar refractivity (Wildman–Crippen MR) is 64.2 cm³/mol. The third-order valence-corrected chi connectivity index (χ3v) is 3.66. The van der Waals surface area contributed by atoms with Gasteiger partial charge in [-0.2, -0.15) is 0 Å². The van der Waals surface area contributed by atoms with Gasteiger partial charge in [-0.3, -0.25) is 0 Å². The van der Waals surface area contributed by atoms with E-state index in [1.165, 1.54) is 24.1 Å². The van der Waals surface area contributed by atoms with Crippen LogP contribution in [0.1, 0.15) is 31.1 Å². The molecule has 1 aliphatic carbocycles. The number of nitrogens with one attached hydrogen (secondary N) is 1. The summed E-state index contributed by atoms with van der Waals surface area (Å²) in [5, 5.41) is 5.54. The molecule has 15 heavy (non-hydrogen) atoms. The second-order valence-corrected chi connectivity index (χ2v) is 5.24. The van der Waals surface area contributed by atoms with Crippen molar-refractivity contribution in [2.75, 3.05) is 6.54 Å². The molecule has 0 bridgehead atoms. The lowest BCUT2D eigenvalue weighted by atomic mass is 9.96. The van der Waals surface area contributed by atoms with E-state index in [0.29, 0.717) is 12.2 Å². The largest absolute Gasteiger partial charge is 0.374 e. The van der Waals surface area contributed by atoms with Crippen molar-refractivity contribution in [1.29, 1.82) is 0 Å². The molecule has 0 aliphatic heterocycles. The quantitative estimate of drug-likeness (QED) is 0.804. The van der Waals surface area contributed by atoms with Crippen LogP contribution in [0.15, 0.2) is 17.5 Å². The number of rotatable bonds is 6. The fraction of sp³-hybridized carbons (Fsp3) is 0.667. The fourth-order valence-corrected chi connectivity index (χ4v) is 2.37. The van der Waals surface area contributed by atoms with Crippen LogP contribution in [0.25, 0.3) is 0 Å². The second kappa shape index (κ2) is 5.64. The molecule has 1 aromatic rings. The van der Waals surface area contributed by atoms with Crippen LogP contribution < -0.4 is 5.32 Å². The van der Waals surface area contributed by atoms with Crippen molar-refractivity contribution in [2.24, 2.45) is 0 Å². The number of hydrogen-bond donors (Lipinski definition) is 1. The van der Waals surface area contributed by atoms with Gasteiger partial charge in [-0.25, -0.2) is 0 Å². The molecule has 0 radical (unpaired) electrons. The Morgan fingerprint density at radius 1 is 1.60 bits per heavy atom. The summed E-state index contributed by atoms with van der Waals surface area (Å²) in [4.78, 5) is 1.39. The molecule has 1 aromatic heterocycles. The molecule has 1 aliphatic rings. The minimum atomic E-state index is 0.343. The van der Waals surface area contributed by atoms with E-state index in [1.807, 2.05) is 0 Å². The summed E-state index contributed by atoms with van der Waals surface area (Å²) >= 11 is 1.80. The number of ether oxygens (including phenoxy) is 1. The zero-order chi connectivity index (χ0) is 10.5. The SMILES string of the molecule is CC(CNCc1cccs1)OC1CCC1. The first-order valence-corrected chi connectivity index (χ1v) is 6.61. The minimum absolute atomic E-state index is 0.343. The van der Waals surface area contributed by atoms with E-state index in [9.17, 15) is 0 Å². The Kier molecular flexibility index (Phi) is 4.18. The van der Waals surface area contributed by atoms with Crippen LogP contribution >= 0.6 is 11.3 Å². The summed E-state index contributed by atoms with van der Waals surface area (Å²) in [6.07, 6.45) is 4.75. The van der Waals surface area contributed by atoms with Gasteiger partial charge in [0.2, 0.25) is 0 Å². The van der Waals surface area contributed by atoms with Crippen LogP contribution in [-0.2, 0) is 11.3 Å². The maximum atomic E-state index is 5.85. The molecule has 2 rings (SSSR count). The topological polar surface area (TPSA) is 21.3 Å². The second-order valence-electron chi connectivity index (χ2n) is 4.21. The molecule has 0 aromatic carbocycles. The Labute approximate surface area is 95.6 Å². The predicted octanol–water partition coefficient (Wildman–Crippen LogP) is 2.80. The van der Waals surface area contributed by atoms with Gasteiger partial charge in [0, 0.05) is 18.0 Å². The lowest BCUT2D eigenvalue weighted by Gasteiger charge is -2.29. The highest BCUT2D eigenvalue weighted by atomic mass is 32.1. The summed E-state index contributed by atoms with van der Waals surface area (Å²) in [5.41, 5.74) is 0. The Balaban J connectivity index is 1.56. The van der Waals surface area contributed by atoms with E-state index in [0.717, 1.165) is 13.1 Å². The first-order chi connectivity index (χ1) is 7.34. The average Bonchev–Trinajstić information content (AvgIpc) is 2.64. The maximum Gasteiger partial charge on any atom is 0.0675 e. The smallest absolute Gasteiger partial charge is 0.0675 e. The molecular weight excluding hydrogens is 206 g/mol. The molecule has 84 valence electrons. The molecule has 0 saturated heterocycles. The van der Waals surface area contributed by atoms with Crippen LogP contribution in [0.5, 0.6) is 0 Å². The molecule has 1 fully saturated rings. The molecule has 1 saturated carbocycles. The third kappa shape index (κ3) is 3.59. The summed E-state index contributed by atoms with van der Waals surface area (Å²) in [6.45, 7) is 4.07. The van der Waals surface area contributed by atoms with Crippen molar-refractivity contribution in [1.82, 2.24) is 5.32 Å². The van der Waals surface area contributed by atoms with Crippen molar-refractivity contribution in [3.05, 3.63) is 22.4 Å². The standard InChI is InChI=1S/C12H19NOS/c1-10(14-11-4-2-5-11)8-13-9-12-6-3-7-15-12/h3,6-7,10-11,13H,2,4-5,8-9H2,1H3. The van der Waals surface area contributed by atoms with Gasteiger partial charge in [-0.1, -0.05) is 6.07 Å². The molecular formula is C12H19NOS. The first-order valence-electron chi connectivity index (χ1n) is 5.73. The van der Waals surface area contributed by atoms with Crippen LogP contribution in [0.4, 0.5) is 0 Å². The summed E-state index contributed by atoms with van der Waals surface area (Å²) in [6, 6.07) is 4.26. The van der Waals surface area contributed by atoms with E-state index < -0.39 is 0 Å². The highest BCUT2D eigenvalue weighted by molar-refractivity contribution is 7.09. The van der Waals surface area contributed by atoms with Crippen molar-refractivity contribution in [3.63, 3.8) is 0 Å². The molecule has 1 unspecified atom stereocenters. The van der Waals surface area contributed by atoms with E-state index in [-0.39, 0.29) is 0 Å². The molecule has 1 N–H and O–H groups in total. The van der Waals surface area contributed by atoms with E-state index in [4.69, 9.17) is 4.74 Å². The summed E-state index contributed by atoms with van der Waals surface area (Å²) < 4.78 is 5.85. The molecule has 1 heterocycles. The van der Waals surface area contributed by atoms with Gasteiger partial charge in [-0.15, -0.1) is 11.3 Å². The van der Waals surface area contributed by atoms with Crippen molar-refractivity contribution in [3.8, 4) is 0 Å². The molecule has 1 atom stereocenters. The van der Waals surface area contributed by atoms with Gasteiger partial charge in [-0.05, 0) is 37.6 Å². The van der Waals surface area contributed by atoms with Crippen molar-refractivity contribution >= 4 is 11.3 Å². The highest BCUT2D eigenvalue weighted by Gasteiger charge is 2.20. The first kappa shape index (κ1) is 11.1. The zero-order valence-corrected chi connectivity index (χ0v) is 10.1. The van der Waals surface area contributed by atoms with E-state index in [1.54, 1.807) is 11.3 Å². The van der Waals surface area contributed by atoms with Gasteiger partial charge < -0.3 is 10.1 Å². The van der Waals surface area contributed by atoms with Gasteiger partial charge in [0.15, 0.2) is 0 Å². The zero-order valence-electron chi connectivity index (χ0n) is 9.24. The van der Waals surface area contributed by atoms with Gasteiger partial charge in [0.25, 0.3) is 0 Å².